The van der Waals surface area contributed by atoms with Gasteiger partial charge in [0.05, 0.1) is 29.7 Å². The summed E-state index contributed by atoms with van der Waals surface area (Å²) in [5.41, 5.74) is 1.79. The van der Waals surface area contributed by atoms with Crippen LogP contribution in [0.3, 0.4) is 0 Å². The Morgan fingerprint density at radius 3 is 2.85 bits per heavy atom. The lowest BCUT2D eigenvalue weighted by molar-refractivity contribution is 0.138. The molecule has 0 bridgehead atoms. The number of ether oxygens (including phenoxy) is 1. The lowest BCUT2D eigenvalue weighted by atomic mass is 10.2. The number of nitrogens with one attached hydrogen (secondary N) is 1. The molecule has 3 aromatic rings. The van der Waals surface area contributed by atoms with Crippen molar-refractivity contribution in [3.63, 3.8) is 0 Å². The van der Waals surface area contributed by atoms with E-state index >= 15 is 0 Å². The molecule has 0 radical (unpaired) electrons. The number of fused-ring (bicyclic) bond motifs is 2. The fourth-order valence-electron chi connectivity index (χ4n) is 3.65. The summed E-state index contributed by atoms with van der Waals surface area (Å²) in [7, 11) is 2.02. The van der Waals surface area contributed by atoms with Crippen LogP contribution in [0.25, 0.3) is 10.9 Å². The maximum Gasteiger partial charge on any atom is 0.258 e. The number of aromatic nitrogens is 2. The molecule has 1 atom stereocenters. The molecule has 2 aromatic carbocycles. The number of likely N-dealkylation sites (N-methyl/N-ethyl adjacent to an activating group) is 2. The van der Waals surface area contributed by atoms with Crippen molar-refractivity contribution in [3.8, 4) is 5.75 Å². The van der Waals surface area contributed by atoms with Crippen molar-refractivity contribution in [3.05, 3.63) is 64.7 Å². The Bertz CT molecular complexity index is 1000. The molecular weight excluding hydrogens is 340 g/mol. The number of hydrogen-bond acceptors (Lipinski definition) is 5. The van der Waals surface area contributed by atoms with Gasteiger partial charge in [0.2, 0.25) is 0 Å². The highest BCUT2D eigenvalue weighted by molar-refractivity contribution is 5.77. The number of hydrogen-bond donors (Lipinski definition) is 1. The Kier molecular flexibility index (Phi) is 4.81. The van der Waals surface area contributed by atoms with Gasteiger partial charge in [0.1, 0.15) is 17.7 Å². The zero-order valence-corrected chi connectivity index (χ0v) is 15.7. The van der Waals surface area contributed by atoms with Gasteiger partial charge < -0.3 is 14.6 Å². The Labute approximate surface area is 158 Å². The van der Waals surface area contributed by atoms with Crippen LogP contribution in [0.4, 0.5) is 5.69 Å². The van der Waals surface area contributed by atoms with Crippen molar-refractivity contribution in [2.75, 3.05) is 31.6 Å². The highest BCUT2D eigenvalue weighted by Crippen LogP contribution is 2.32. The van der Waals surface area contributed by atoms with Crippen LogP contribution in [-0.2, 0) is 6.54 Å². The van der Waals surface area contributed by atoms with Crippen molar-refractivity contribution in [1.82, 2.24) is 14.9 Å². The Hall–Kier alpha value is -2.86. The first-order chi connectivity index (χ1) is 13.1. The number of para-hydroxylation sites is 3. The average molecular weight is 364 g/mol. The lowest BCUT2D eigenvalue weighted by Crippen LogP contribution is -2.45. The zero-order chi connectivity index (χ0) is 18.8. The number of anilines is 1. The van der Waals surface area contributed by atoms with E-state index in [9.17, 15) is 4.79 Å². The Morgan fingerprint density at radius 2 is 2.00 bits per heavy atom. The molecule has 0 aliphatic carbocycles. The molecule has 0 amide bonds. The van der Waals surface area contributed by atoms with E-state index in [1.165, 1.54) is 0 Å². The van der Waals surface area contributed by atoms with Gasteiger partial charge in [-0.25, -0.2) is 4.98 Å². The van der Waals surface area contributed by atoms with Crippen LogP contribution in [0.2, 0.25) is 0 Å². The predicted molar refractivity (Wildman–Crippen MR) is 107 cm³/mol. The molecule has 6 heteroatoms. The SMILES string of the molecule is CCN1C[C@@H](CN(C)Cc2nc3ccccc3c(=O)[nH]2)Oc2ccccc21. The molecule has 27 heavy (non-hydrogen) atoms. The van der Waals surface area contributed by atoms with E-state index in [4.69, 9.17) is 4.74 Å². The van der Waals surface area contributed by atoms with Gasteiger partial charge in [0, 0.05) is 13.1 Å². The van der Waals surface area contributed by atoms with Crippen LogP contribution >= 0.6 is 0 Å². The van der Waals surface area contributed by atoms with E-state index in [-0.39, 0.29) is 11.7 Å². The highest BCUT2D eigenvalue weighted by Gasteiger charge is 2.25. The number of rotatable bonds is 5. The fraction of sp³-hybridized carbons (Fsp3) is 0.333. The lowest BCUT2D eigenvalue weighted by Gasteiger charge is -2.37. The largest absolute Gasteiger partial charge is 0.485 e. The maximum atomic E-state index is 12.2. The molecule has 0 saturated heterocycles. The van der Waals surface area contributed by atoms with Gasteiger partial charge in [-0.15, -0.1) is 0 Å². The van der Waals surface area contributed by atoms with Gasteiger partial charge in [0.25, 0.3) is 5.56 Å². The second-order valence-electron chi connectivity index (χ2n) is 6.97. The summed E-state index contributed by atoms with van der Waals surface area (Å²) in [4.78, 5) is 24.2. The van der Waals surface area contributed by atoms with E-state index in [0.717, 1.165) is 36.6 Å². The third-order valence-corrected chi connectivity index (χ3v) is 4.90. The summed E-state index contributed by atoms with van der Waals surface area (Å²) in [5.74, 6) is 1.60. The molecule has 0 unspecified atom stereocenters. The van der Waals surface area contributed by atoms with Gasteiger partial charge in [-0.2, -0.15) is 0 Å². The molecule has 1 N–H and O–H groups in total. The minimum absolute atomic E-state index is 0.0667. The second kappa shape index (κ2) is 7.40. The molecule has 1 aromatic heterocycles. The highest BCUT2D eigenvalue weighted by atomic mass is 16.5. The van der Waals surface area contributed by atoms with Crippen molar-refractivity contribution < 1.29 is 4.74 Å². The molecule has 1 aliphatic rings. The van der Waals surface area contributed by atoms with Crippen molar-refractivity contribution >= 4 is 16.6 Å². The van der Waals surface area contributed by atoms with E-state index in [2.05, 4.69) is 32.8 Å². The minimum atomic E-state index is -0.0935. The number of aromatic amines is 1. The monoisotopic (exact) mass is 364 g/mol. The van der Waals surface area contributed by atoms with Crippen molar-refractivity contribution in [2.45, 2.75) is 19.6 Å². The number of benzene rings is 2. The summed E-state index contributed by atoms with van der Waals surface area (Å²) in [6.45, 7) is 5.27. The van der Waals surface area contributed by atoms with Crippen molar-refractivity contribution in [2.24, 2.45) is 0 Å². The van der Waals surface area contributed by atoms with E-state index < -0.39 is 0 Å². The molecule has 0 fully saturated rings. The normalized spacial score (nSPS) is 16.4. The molecule has 6 nitrogen and oxygen atoms in total. The molecular formula is C21H24N4O2. The average Bonchev–Trinajstić information content (AvgIpc) is 2.67. The summed E-state index contributed by atoms with van der Waals surface area (Å²) in [5, 5.41) is 0.620. The van der Waals surface area contributed by atoms with Crippen LogP contribution in [0.5, 0.6) is 5.75 Å². The zero-order valence-electron chi connectivity index (χ0n) is 15.7. The van der Waals surface area contributed by atoms with Crippen LogP contribution in [0.1, 0.15) is 12.7 Å². The van der Waals surface area contributed by atoms with E-state index in [0.29, 0.717) is 17.8 Å². The second-order valence-corrected chi connectivity index (χ2v) is 6.97. The smallest absolute Gasteiger partial charge is 0.258 e. The third-order valence-electron chi connectivity index (χ3n) is 4.90. The van der Waals surface area contributed by atoms with Gasteiger partial charge in [-0.05, 0) is 38.2 Å². The molecule has 140 valence electrons. The van der Waals surface area contributed by atoms with Crippen molar-refractivity contribution in [1.29, 1.82) is 0 Å². The molecule has 0 spiro atoms. The van der Waals surface area contributed by atoms with E-state index in [1.54, 1.807) is 6.07 Å². The first-order valence-electron chi connectivity index (χ1n) is 9.31. The molecule has 0 saturated carbocycles. The molecule has 4 rings (SSSR count). The minimum Gasteiger partial charge on any atom is -0.485 e. The van der Waals surface area contributed by atoms with Gasteiger partial charge in [-0.1, -0.05) is 24.3 Å². The predicted octanol–water partition coefficient (Wildman–Crippen LogP) is 2.64. The summed E-state index contributed by atoms with van der Waals surface area (Å²) in [6.07, 6.45) is 0.0667. The third kappa shape index (κ3) is 3.66. The topological polar surface area (TPSA) is 61.5 Å². The van der Waals surface area contributed by atoms with Crippen LogP contribution in [0, 0.1) is 0 Å². The molecule has 2 heterocycles. The van der Waals surface area contributed by atoms with Gasteiger partial charge >= 0.3 is 0 Å². The van der Waals surface area contributed by atoms with Gasteiger partial charge in [-0.3, -0.25) is 9.69 Å². The van der Waals surface area contributed by atoms with Gasteiger partial charge in [0.15, 0.2) is 0 Å². The van der Waals surface area contributed by atoms with E-state index in [1.807, 2.05) is 43.4 Å². The molecule has 1 aliphatic heterocycles. The fourth-order valence-corrected chi connectivity index (χ4v) is 3.65. The first kappa shape index (κ1) is 17.5. The first-order valence-corrected chi connectivity index (χ1v) is 9.31. The van der Waals surface area contributed by atoms with Crippen LogP contribution < -0.4 is 15.2 Å². The standard InChI is InChI=1S/C21H24N4O2/c1-3-25-13-15(27-19-11-7-6-10-18(19)25)12-24(2)14-20-22-17-9-5-4-8-16(17)21(26)23-20/h4-11,15H,3,12-14H2,1-2H3,(H,22,23,26)/t15-/m1/s1. The Morgan fingerprint density at radius 1 is 1.22 bits per heavy atom. The summed E-state index contributed by atoms with van der Waals surface area (Å²) >= 11 is 0. The summed E-state index contributed by atoms with van der Waals surface area (Å²) < 4.78 is 6.19. The number of nitrogens with zero attached hydrogens (tertiary/aromatic N) is 3. The maximum absolute atomic E-state index is 12.2. The van der Waals surface area contributed by atoms with Crippen LogP contribution in [0.15, 0.2) is 53.3 Å². The summed E-state index contributed by atoms with van der Waals surface area (Å²) in [6, 6.07) is 15.6. The van der Waals surface area contributed by atoms with Crippen LogP contribution in [-0.4, -0.2) is 47.7 Å². The quantitative estimate of drug-likeness (QED) is 0.754. The number of H-pyrrole nitrogens is 1. The Balaban J connectivity index is 1.47.